The van der Waals surface area contributed by atoms with Gasteiger partial charge in [0.2, 0.25) is 0 Å². The van der Waals surface area contributed by atoms with Crippen molar-refractivity contribution in [2.45, 2.75) is 13.0 Å². The molecule has 0 saturated heterocycles. The number of nitrogens with two attached hydrogens (primary N) is 1. The average Bonchev–Trinajstić information content (AvgIpc) is 2.68. The van der Waals surface area contributed by atoms with Crippen molar-refractivity contribution in [3.63, 3.8) is 0 Å². The molecule has 88 valence electrons. The van der Waals surface area contributed by atoms with Crippen LogP contribution in [0, 0.1) is 0 Å². The number of aromatic nitrogens is 2. The quantitative estimate of drug-likeness (QED) is 0.729. The zero-order valence-corrected chi connectivity index (χ0v) is 9.26. The minimum atomic E-state index is -0.647. The summed E-state index contributed by atoms with van der Waals surface area (Å²) in [6.45, 7) is 1.58. The van der Waals surface area contributed by atoms with E-state index >= 15 is 0 Å². The SMILES string of the molecule is COC(=O)c1nn(C(C)C(=O)OC)cc1N. The standard InChI is InChI=1S/C9H13N3O4/c1-5(8(13)15-2)12-4-6(10)7(11-12)9(14)16-3/h4-5H,10H2,1-3H3. The van der Waals surface area contributed by atoms with E-state index in [2.05, 4.69) is 14.6 Å². The Balaban J connectivity index is 3.01. The van der Waals surface area contributed by atoms with Gasteiger partial charge in [0.05, 0.1) is 19.9 Å². The predicted molar refractivity (Wildman–Crippen MR) is 54.7 cm³/mol. The number of ether oxygens (including phenoxy) is 2. The second-order valence-corrected chi connectivity index (χ2v) is 3.10. The predicted octanol–water partition coefficient (Wildman–Crippen LogP) is -0.0141. The molecule has 1 aromatic rings. The molecule has 0 bridgehead atoms. The summed E-state index contributed by atoms with van der Waals surface area (Å²) in [5.74, 6) is -1.12. The number of hydrogen-bond donors (Lipinski definition) is 1. The Bertz CT molecular complexity index is 413. The molecule has 1 unspecified atom stereocenters. The first kappa shape index (κ1) is 12.0. The molecule has 0 saturated carbocycles. The molecule has 0 aliphatic heterocycles. The van der Waals surface area contributed by atoms with Crippen molar-refractivity contribution in [2.24, 2.45) is 0 Å². The summed E-state index contributed by atoms with van der Waals surface area (Å²) in [4.78, 5) is 22.4. The van der Waals surface area contributed by atoms with Crippen LogP contribution in [-0.4, -0.2) is 35.9 Å². The fourth-order valence-corrected chi connectivity index (χ4v) is 1.14. The molecule has 0 aliphatic carbocycles. The van der Waals surface area contributed by atoms with E-state index in [0.29, 0.717) is 0 Å². The molecule has 1 aromatic heterocycles. The van der Waals surface area contributed by atoms with E-state index in [1.807, 2.05) is 0 Å². The van der Waals surface area contributed by atoms with Gasteiger partial charge in [-0.2, -0.15) is 5.10 Å². The lowest BCUT2D eigenvalue weighted by Crippen LogP contribution is -2.18. The molecular weight excluding hydrogens is 214 g/mol. The van der Waals surface area contributed by atoms with Crippen LogP contribution in [0.3, 0.4) is 0 Å². The molecule has 1 rings (SSSR count). The van der Waals surface area contributed by atoms with Gasteiger partial charge in [-0.25, -0.2) is 9.59 Å². The second kappa shape index (κ2) is 4.65. The largest absolute Gasteiger partial charge is 0.467 e. The number of methoxy groups -OCH3 is 2. The fraction of sp³-hybridized carbons (Fsp3) is 0.444. The molecule has 0 spiro atoms. The molecule has 0 aromatic carbocycles. The minimum absolute atomic E-state index is 0.0155. The van der Waals surface area contributed by atoms with E-state index in [9.17, 15) is 9.59 Å². The van der Waals surface area contributed by atoms with Crippen LogP contribution in [-0.2, 0) is 14.3 Å². The van der Waals surface area contributed by atoms with Gasteiger partial charge in [-0.15, -0.1) is 0 Å². The number of rotatable bonds is 3. The summed E-state index contributed by atoms with van der Waals surface area (Å²) in [6, 6.07) is -0.647. The molecule has 1 atom stereocenters. The van der Waals surface area contributed by atoms with Gasteiger partial charge in [0.25, 0.3) is 0 Å². The van der Waals surface area contributed by atoms with Gasteiger partial charge in [0.15, 0.2) is 5.69 Å². The highest BCUT2D eigenvalue weighted by Gasteiger charge is 2.21. The first-order chi connectivity index (χ1) is 7.51. The number of anilines is 1. The van der Waals surface area contributed by atoms with Gasteiger partial charge >= 0.3 is 11.9 Å². The van der Waals surface area contributed by atoms with Crippen LogP contribution in [0.25, 0.3) is 0 Å². The monoisotopic (exact) mass is 227 g/mol. The van der Waals surface area contributed by atoms with Crippen LogP contribution < -0.4 is 5.73 Å². The Labute approximate surface area is 92.1 Å². The highest BCUT2D eigenvalue weighted by Crippen LogP contribution is 2.15. The zero-order chi connectivity index (χ0) is 12.3. The molecule has 1 heterocycles. The highest BCUT2D eigenvalue weighted by molar-refractivity contribution is 5.92. The summed E-state index contributed by atoms with van der Waals surface area (Å²) < 4.78 is 10.3. The fourth-order valence-electron chi connectivity index (χ4n) is 1.14. The van der Waals surface area contributed by atoms with Crippen LogP contribution in [0.5, 0.6) is 0 Å². The third kappa shape index (κ3) is 2.13. The first-order valence-electron chi connectivity index (χ1n) is 4.52. The maximum atomic E-state index is 11.2. The van der Waals surface area contributed by atoms with Crippen LogP contribution in [0.2, 0.25) is 0 Å². The molecule has 7 heteroatoms. The van der Waals surface area contributed by atoms with Crippen molar-refractivity contribution in [2.75, 3.05) is 20.0 Å². The Morgan fingerprint density at radius 2 is 2.06 bits per heavy atom. The topological polar surface area (TPSA) is 96.4 Å². The molecular formula is C9H13N3O4. The third-order valence-electron chi connectivity index (χ3n) is 2.08. The Hall–Kier alpha value is -2.05. The van der Waals surface area contributed by atoms with E-state index in [1.165, 1.54) is 25.1 Å². The summed E-state index contributed by atoms with van der Waals surface area (Å²) >= 11 is 0. The summed E-state index contributed by atoms with van der Waals surface area (Å²) in [5.41, 5.74) is 5.70. The van der Waals surface area contributed by atoms with Crippen molar-refractivity contribution in [1.82, 2.24) is 9.78 Å². The third-order valence-corrected chi connectivity index (χ3v) is 2.08. The number of esters is 2. The van der Waals surface area contributed by atoms with Crippen molar-refractivity contribution in [3.05, 3.63) is 11.9 Å². The summed E-state index contributed by atoms with van der Waals surface area (Å²) in [5, 5.41) is 3.87. The lowest BCUT2D eigenvalue weighted by Gasteiger charge is -2.08. The lowest BCUT2D eigenvalue weighted by atomic mass is 10.3. The first-order valence-corrected chi connectivity index (χ1v) is 4.52. The highest BCUT2D eigenvalue weighted by atomic mass is 16.5. The van der Waals surface area contributed by atoms with E-state index in [0.717, 1.165) is 0 Å². The molecule has 0 aliphatic rings. The van der Waals surface area contributed by atoms with Crippen molar-refractivity contribution < 1.29 is 19.1 Å². The Morgan fingerprint density at radius 3 is 2.56 bits per heavy atom. The van der Waals surface area contributed by atoms with E-state index in [1.54, 1.807) is 6.92 Å². The average molecular weight is 227 g/mol. The number of hydrogen-bond acceptors (Lipinski definition) is 6. The molecule has 16 heavy (non-hydrogen) atoms. The van der Waals surface area contributed by atoms with Crippen LogP contribution in [0.15, 0.2) is 6.20 Å². The van der Waals surface area contributed by atoms with Crippen molar-refractivity contribution >= 4 is 17.6 Å². The van der Waals surface area contributed by atoms with Gasteiger partial charge in [0.1, 0.15) is 6.04 Å². The molecule has 0 radical (unpaired) electrons. The van der Waals surface area contributed by atoms with Gasteiger partial charge in [-0.1, -0.05) is 0 Å². The van der Waals surface area contributed by atoms with E-state index in [4.69, 9.17) is 5.73 Å². The molecule has 0 fully saturated rings. The van der Waals surface area contributed by atoms with Crippen LogP contribution >= 0.6 is 0 Å². The number of carbonyl (C=O) groups excluding carboxylic acids is 2. The number of nitrogen functional groups attached to an aromatic ring is 1. The molecule has 2 N–H and O–H groups in total. The van der Waals surface area contributed by atoms with Gasteiger partial charge in [0, 0.05) is 6.20 Å². The van der Waals surface area contributed by atoms with Crippen LogP contribution in [0.1, 0.15) is 23.5 Å². The van der Waals surface area contributed by atoms with Gasteiger partial charge < -0.3 is 15.2 Å². The normalized spacial score (nSPS) is 11.9. The minimum Gasteiger partial charge on any atom is -0.467 e. The molecule has 7 nitrogen and oxygen atoms in total. The zero-order valence-electron chi connectivity index (χ0n) is 9.26. The Morgan fingerprint density at radius 1 is 1.44 bits per heavy atom. The van der Waals surface area contributed by atoms with Gasteiger partial charge in [-0.3, -0.25) is 4.68 Å². The lowest BCUT2D eigenvalue weighted by molar-refractivity contribution is -0.144. The summed E-state index contributed by atoms with van der Waals surface area (Å²) in [6.07, 6.45) is 1.38. The van der Waals surface area contributed by atoms with E-state index < -0.39 is 18.0 Å². The van der Waals surface area contributed by atoms with E-state index in [-0.39, 0.29) is 11.4 Å². The smallest absolute Gasteiger partial charge is 0.360 e. The maximum Gasteiger partial charge on any atom is 0.360 e. The maximum absolute atomic E-state index is 11.2. The Kier molecular flexibility index (Phi) is 3.49. The number of carbonyl (C=O) groups is 2. The second-order valence-electron chi connectivity index (χ2n) is 3.10. The van der Waals surface area contributed by atoms with Crippen molar-refractivity contribution in [1.29, 1.82) is 0 Å². The van der Waals surface area contributed by atoms with Crippen molar-refractivity contribution in [3.8, 4) is 0 Å². The molecule has 0 amide bonds. The summed E-state index contributed by atoms with van der Waals surface area (Å²) in [7, 11) is 2.50. The van der Waals surface area contributed by atoms with Crippen LogP contribution in [0.4, 0.5) is 5.69 Å². The number of nitrogens with zero attached hydrogens (tertiary/aromatic N) is 2. The van der Waals surface area contributed by atoms with Gasteiger partial charge in [-0.05, 0) is 6.92 Å².